The number of oxazole rings is 1. The van der Waals surface area contributed by atoms with Crippen molar-refractivity contribution in [2.75, 3.05) is 0 Å². The van der Waals surface area contributed by atoms with Gasteiger partial charge in [0.25, 0.3) is 0 Å². The zero-order valence-corrected chi connectivity index (χ0v) is 24.1. The molecule has 0 radical (unpaired) electrons. The number of hydrogen-bond acceptors (Lipinski definition) is 3. The van der Waals surface area contributed by atoms with Crippen molar-refractivity contribution in [3.8, 4) is 50.9 Å². The van der Waals surface area contributed by atoms with Gasteiger partial charge in [-0.1, -0.05) is 106 Å². The summed E-state index contributed by atoms with van der Waals surface area (Å²) >= 11 is 0. The third-order valence-corrected chi connectivity index (χ3v) is 11.9. The summed E-state index contributed by atoms with van der Waals surface area (Å²) in [6.07, 6.45) is 0. The first kappa shape index (κ1) is 25.7. The van der Waals surface area contributed by atoms with Crippen molar-refractivity contribution in [3.63, 3.8) is 0 Å². The monoisotopic (exact) mass is 517 g/mol. The maximum Gasteiger partial charge on any atom is 0.250 e. The van der Waals surface area contributed by atoms with E-state index >= 15 is 0 Å². The van der Waals surface area contributed by atoms with Crippen molar-refractivity contribution in [3.05, 3.63) is 109 Å². The SMILES string of the molecule is Cc1cccc(-c2nc(-c3ccccc3)c(-c3ccccc3)o2)c1-c1cccc(O[Si](C)(C)C(C)(C)C)c1. The van der Waals surface area contributed by atoms with E-state index in [1.54, 1.807) is 0 Å². The number of benzene rings is 4. The Morgan fingerprint density at radius 1 is 0.711 bits per heavy atom. The number of rotatable bonds is 6. The zero-order valence-electron chi connectivity index (χ0n) is 23.1. The second-order valence-corrected chi connectivity index (χ2v) is 16.0. The minimum atomic E-state index is -1.97. The number of hydrogen-bond donors (Lipinski definition) is 0. The molecule has 0 spiro atoms. The van der Waals surface area contributed by atoms with Crippen LogP contribution in [0, 0.1) is 6.92 Å². The molecule has 0 amide bonds. The summed E-state index contributed by atoms with van der Waals surface area (Å²) in [7, 11) is -1.97. The maximum absolute atomic E-state index is 6.65. The molecule has 192 valence electrons. The van der Waals surface area contributed by atoms with Crippen LogP contribution in [0.3, 0.4) is 0 Å². The average molecular weight is 518 g/mol. The molecule has 0 aliphatic heterocycles. The number of aryl methyl sites for hydroxylation is 1. The molecule has 0 fully saturated rings. The molecule has 0 aliphatic carbocycles. The first-order chi connectivity index (χ1) is 18.1. The summed E-state index contributed by atoms with van der Waals surface area (Å²) in [5.41, 5.74) is 7.20. The van der Waals surface area contributed by atoms with Gasteiger partial charge in [0.2, 0.25) is 14.2 Å². The second-order valence-electron chi connectivity index (χ2n) is 11.3. The highest BCUT2D eigenvalue weighted by atomic mass is 28.4. The predicted molar refractivity (Wildman–Crippen MR) is 161 cm³/mol. The van der Waals surface area contributed by atoms with Gasteiger partial charge in [-0.25, -0.2) is 4.98 Å². The van der Waals surface area contributed by atoms with E-state index in [2.05, 4.69) is 108 Å². The van der Waals surface area contributed by atoms with E-state index in [9.17, 15) is 0 Å². The standard InChI is InChI=1S/C34H35NO2Si/c1-24-15-13-22-29(30(24)27-20-14-21-28(23-27)37-38(5,6)34(2,3)4)33-35-31(25-16-9-7-10-17-25)32(36-33)26-18-11-8-12-19-26/h7-23H,1-6H3. The Morgan fingerprint density at radius 3 is 1.97 bits per heavy atom. The molecule has 0 N–H and O–H groups in total. The van der Waals surface area contributed by atoms with Gasteiger partial charge in [0, 0.05) is 16.7 Å². The normalized spacial score (nSPS) is 11.9. The van der Waals surface area contributed by atoms with Gasteiger partial charge < -0.3 is 8.84 Å². The summed E-state index contributed by atoms with van der Waals surface area (Å²) in [5, 5.41) is 0.122. The highest BCUT2D eigenvalue weighted by molar-refractivity contribution is 6.74. The summed E-state index contributed by atoms with van der Waals surface area (Å²) in [5.74, 6) is 2.29. The molecule has 3 nitrogen and oxygen atoms in total. The van der Waals surface area contributed by atoms with E-state index in [-0.39, 0.29) is 5.04 Å². The second kappa shape index (κ2) is 10.1. The fourth-order valence-electron chi connectivity index (χ4n) is 4.40. The van der Waals surface area contributed by atoms with Gasteiger partial charge in [-0.05, 0) is 59.9 Å². The molecular formula is C34H35NO2Si. The Bertz CT molecular complexity index is 1490. The zero-order chi connectivity index (χ0) is 26.9. The Balaban J connectivity index is 1.64. The quantitative estimate of drug-likeness (QED) is 0.210. The van der Waals surface area contributed by atoms with E-state index in [0.29, 0.717) is 5.89 Å². The van der Waals surface area contributed by atoms with Crippen LogP contribution in [0.1, 0.15) is 26.3 Å². The fourth-order valence-corrected chi connectivity index (χ4v) is 5.43. The molecule has 0 saturated heterocycles. The molecule has 0 unspecified atom stereocenters. The van der Waals surface area contributed by atoms with Crippen LogP contribution in [0.25, 0.3) is 45.2 Å². The molecule has 1 aromatic heterocycles. The van der Waals surface area contributed by atoms with Crippen LogP contribution < -0.4 is 4.43 Å². The summed E-state index contributed by atoms with van der Waals surface area (Å²) in [6.45, 7) is 13.5. The Kier molecular flexibility index (Phi) is 6.85. The number of nitrogens with zero attached hydrogens (tertiary/aromatic N) is 1. The minimum Gasteiger partial charge on any atom is -0.543 e. The van der Waals surface area contributed by atoms with Crippen molar-refractivity contribution in [1.82, 2.24) is 4.98 Å². The van der Waals surface area contributed by atoms with Crippen LogP contribution in [0.2, 0.25) is 18.1 Å². The molecular weight excluding hydrogens is 482 g/mol. The van der Waals surface area contributed by atoms with Crippen molar-refractivity contribution in [2.24, 2.45) is 0 Å². The van der Waals surface area contributed by atoms with Gasteiger partial charge in [-0.15, -0.1) is 0 Å². The molecule has 0 saturated carbocycles. The molecule has 5 aromatic rings. The summed E-state index contributed by atoms with van der Waals surface area (Å²) < 4.78 is 13.2. The van der Waals surface area contributed by atoms with E-state index in [0.717, 1.165) is 50.6 Å². The van der Waals surface area contributed by atoms with Crippen LogP contribution in [0.5, 0.6) is 5.75 Å². The van der Waals surface area contributed by atoms with E-state index in [1.165, 1.54) is 0 Å². The lowest BCUT2D eigenvalue weighted by molar-refractivity contribution is 0.492. The van der Waals surface area contributed by atoms with Crippen LogP contribution in [0.4, 0.5) is 0 Å². The van der Waals surface area contributed by atoms with Gasteiger partial charge in [0.15, 0.2) is 5.76 Å². The fraction of sp³-hybridized carbons (Fsp3) is 0.206. The van der Waals surface area contributed by atoms with E-state index in [1.807, 2.05) is 36.4 Å². The lowest BCUT2D eigenvalue weighted by atomic mass is 9.95. The van der Waals surface area contributed by atoms with Gasteiger partial charge in [0.1, 0.15) is 11.4 Å². The lowest BCUT2D eigenvalue weighted by Gasteiger charge is -2.36. The summed E-state index contributed by atoms with van der Waals surface area (Å²) in [4.78, 5) is 5.08. The van der Waals surface area contributed by atoms with E-state index < -0.39 is 8.32 Å². The molecule has 4 heteroatoms. The van der Waals surface area contributed by atoms with Gasteiger partial charge in [-0.2, -0.15) is 0 Å². The maximum atomic E-state index is 6.65. The average Bonchev–Trinajstić information content (AvgIpc) is 3.34. The third-order valence-electron chi connectivity index (χ3n) is 7.52. The summed E-state index contributed by atoms with van der Waals surface area (Å²) in [6, 6.07) is 35.2. The van der Waals surface area contributed by atoms with Crippen molar-refractivity contribution in [1.29, 1.82) is 0 Å². The Labute approximate surface area is 227 Å². The van der Waals surface area contributed by atoms with Gasteiger partial charge >= 0.3 is 0 Å². The molecule has 1 heterocycles. The van der Waals surface area contributed by atoms with Crippen molar-refractivity contribution < 1.29 is 8.84 Å². The first-order valence-electron chi connectivity index (χ1n) is 13.2. The largest absolute Gasteiger partial charge is 0.543 e. The van der Waals surface area contributed by atoms with Crippen LogP contribution in [-0.4, -0.2) is 13.3 Å². The van der Waals surface area contributed by atoms with Crippen LogP contribution in [-0.2, 0) is 0 Å². The van der Waals surface area contributed by atoms with Gasteiger partial charge in [-0.3, -0.25) is 0 Å². The highest BCUT2D eigenvalue weighted by Crippen LogP contribution is 2.42. The molecule has 0 bridgehead atoms. The topological polar surface area (TPSA) is 35.3 Å². The van der Waals surface area contributed by atoms with Gasteiger partial charge in [0.05, 0.1) is 0 Å². The molecule has 38 heavy (non-hydrogen) atoms. The molecule has 4 aromatic carbocycles. The van der Waals surface area contributed by atoms with Crippen LogP contribution >= 0.6 is 0 Å². The molecule has 0 atom stereocenters. The molecule has 0 aliphatic rings. The predicted octanol–water partition coefficient (Wildman–Crippen LogP) is 10.0. The molecule has 5 rings (SSSR count). The highest BCUT2D eigenvalue weighted by Gasteiger charge is 2.39. The van der Waals surface area contributed by atoms with Crippen molar-refractivity contribution in [2.45, 2.75) is 45.8 Å². The smallest absolute Gasteiger partial charge is 0.250 e. The minimum absolute atomic E-state index is 0.122. The first-order valence-corrected chi connectivity index (χ1v) is 16.1. The Hall–Kier alpha value is -3.89. The van der Waals surface area contributed by atoms with E-state index in [4.69, 9.17) is 13.8 Å². The number of aromatic nitrogens is 1. The lowest BCUT2D eigenvalue weighted by Crippen LogP contribution is -2.43. The Morgan fingerprint density at radius 2 is 1.32 bits per heavy atom. The van der Waals surface area contributed by atoms with Crippen molar-refractivity contribution >= 4 is 8.32 Å². The van der Waals surface area contributed by atoms with Crippen LogP contribution in [0.15, 0.2) is 108 Å². The third kappa shape index (κ3) is 5.09.